The van der Waals surface area contributed by atoms with Crippen LogP contribution in [0.1, 0.15) is 36.0 Å². The van der Waals surface area contributed by atoms with Gasteiger partial charge in [-0.1, -0.05) is 24.4 Å². The number of halogens is 1. The number of carboxylic acids is 1. The highest BCUT2D eigenvalue weighted by molar-refractivity contribution is 7.92. The molecule has 3 rings (SSSR count). The molecular formula is C19H20ClNO5S. The highest BCUT2D eigenvalue weighted by Crippen LogP contribution is 2.33. The van der Waals surface area contributed by atoms with Crippen LogP contribution in [-0.4, -0.2) is 36.7 Å². The van der Waals surface area contributed by atoms with Gasteiger partial charge in [0, 0.05) is 5.02 Å². The summed E-state index contributed by atoms with van der Waals surface area (Å²) in [7, 11) is -3.97. The van der Waals surface area contributed by atoms with Crippen LogP contribution < -0.4 is 4.31 Å². The lowest BCUT2D eigenvalue weighted by atomic mass is 9.92. The maximum atomic E-state index is 13.4. The van der Waals surface area contributed by atoms with Crippen molar-refractivity contribution in [1.29, 1.82) is 0 Å². The van der Waals surface area contributed by atoms with Gasteiger partial charge in [0.05, 0.1) is 28.3 Å². The first kappa shape index (κ1) is 19.7. The summed E-state index contributed by atoms with van der Waals surface area (Å²) in [5.74, 6) is -1.09. The van der Waals surface area contributed by atoms with Gasteiger partial charge in [-0.15, -0.1) is 0 Å². The van der Waals surface area contributed by atoms with Crippen LogP contribution >= 0.6 is 11.6 Å². The molecule has 2 aromatic carbocycles. The Morgan fingerprint density at radius 3 is 2.15 bits per heavy atom. The number of sulfonamides is 1. The van der Waals surface area contributed by atoms with Crippen molar-refractivity contribution >= 4 is 33.3 Å². The molecular weight excluding hydrogens is 390 g/mol. The molecule has 8 heteroatoms. The highest BCUT2D eigenvalue weighted by Gasteiger charge is 2.37. The van der Waals surface area contributed by atoms with E-state index in [1.807, 2.05) is 0 Å². The third-order valence-electron chi connectivity index (χ3n) is 4.73. The van der Waals surface area contributed by atoms with E-state index >= 15 is 0 Å². The summed E-state index contributed by atoms with van der Waals surface area (Å²) in [5.41, 5.74) is 0.382. The third kappa shape index (κ3) is 4.10. The molecule has 2 atom stereocenters. The van der Waals surface area contributed by atoms with E-state index in [0.29, 0.717) is 23.6 Å². The van der Waals surface area contributed by atoms with Crippen LogP contribution in [0.4, 0.5) is 5.69 Å². The minimum atomic E-state index is -3.97. The normalized spacial score (nSPS) is 20.2. The zero-order valence-corrected chi connectivity index (χ0v) is 16.0. The van der Waals surface area contributed by atoms with Gasteiger partial charge >= 0.3 is 5.97 Å². The number of hydrogen-bond acceptors (Lipinski definition) is 4. The van der Waals surface area contributed by atoms with Gasteiger partial charge in [0.1, 0.15) is 0 Å². The Morgan fingerprint density at radius 1 is 1.00 bits per heavy atom. The molecule has 1 saturated carbocycles. The van der Waals surface area contributed by atoms with E-state index in [-0.39, 0.29) is 10.5 Å². The molecule has 144 valence electrons. The minimum absolute atomic E-state index is 0.0618. The predicted molar refractivity (Wildman–Crippen MR) is 103 cm³/mol. The molecule has 0 heterocycles. The zero-order valence-electron chi connectivity index (χ0n) is 14.5. The first-order valence-electron chi connectivity index (χ1n) is 8.62. The van der Waals surface area contributed by atoms with E-state index in [4.69, 9.17) is 16.7 Å². The van der Waals surface area contributed by atoms with E-state index in [1.54, 1.807) is 0 Å². The maximum Gasteiger partial charge on any atom is 0.335 e. The van der Waals surface area contributed by atoms with Crippen molar-refractivity contribution in [3.05, 3.63) is 59.1 Å². The van der Waals surface area contributed by atoms with Crippen LogP contribution in [0.15, 0.2) is 53.4 Å². The number of aromatic carboxylic acids is 1. The van der Waals surface area contributed by atoms with Gasteiger partial charge in [-0.3, -0.25) is 4.31 Å². The molecule has 2 N–H and O–H groups in total. The summed E-state index contributed by atoms with van der Waals surface area (Å²) in [5, 5.41) is 20.0. The van der Waals surface area contributed by atoms with E-state index in [9.17, 15) is 18.3 Å². The molecule has 0 bridgehead atoms. The topological polar surface area (TPSA) is 94.9 Å². The Balaban J connectivity index is 2.09. The van der Waals surface area contributed by atoms with E-state index in [1.165, 1.54) is 52.8 Å². The minimum Gasteiger partial charge on any atom is -0.478 e. The van der Waals surface area contributed by atoms with Crippen LogP contribution in [0.2, 0.25) is 5.02 Å². The molecule has 1 aliphatic rings. The summed E-state index contributed by atoms with van der Waals surface area (Å²) in [6.07, 6.45) is 1.89. The summed E-state index contributed by atoms with van der Waals surface area (Å²) < 4.78 is 27.9. The number of carbonyl (C=O) groups is 1. The van der Waals surface area contributed by atoms with E-state index < -0.39 is 28.1 Å². The summed E-state index contributed by atoms with van der Waals surface area (Å²) in [4.78, 5) is 11.2. The SMILES string of the molecule is O=C(O)c1ccc(N([C@H]2CCCC[C@@H]2O)S(=O)(=O)c2ccc(Cl)cc2)cc1. The molecule has 1 aliphatic carbocycles. The molecule has 0 aromatic heterocycles. The van der Waals surface area contributed by atoms with E-state index in [0.717, 1.165) is 12.8 Å². The fourth-order valence-electron chi connectivity index (χ4n) is 3.34. The number of hydrogen-bond donors (Lipinski definition) is 2. The lowest BCUT2D eigenvalue weighted by molar-refractivity contribution is 0.0697. The molecule has 0 aliphatic heterocycles. The van der Waals surface area contributed by atoms with Crippen LogP contribution in [0, 0.1) is 0 Å². The second-order valence-electron chi connectivity index (χ2n) is 6.53. The first-order valence-corrected chi connectivity index (χ1v) is 10.4. The summed E-state index contributed by atoms with van der Waals surface area (Å²) in [6.45, 7) is 0. The molecule has 27 heavy (non-hydrogen) atoms. The lowest BCUT2D eigenvalue weighted by Crippen LogP contribution is -2.48. The Bertz CT molecular complexity index is 912. The molecule has 0 amide bonds. The Kier molecular flexibility index (Phi) is 5.74. The third-order valence-corrected chi connectivity index (χ3v) is 6.85. The standard InChI is InChI=1S/C19H20ClNO5S/c20-14-7-11-16(12-8-14)27(25,26)21(17-3-1-2-4-18(17)22)15-9-5-13(6-10-15)19(23)24/h5-12,17-18,22H,1-4H2,(H,23,24)/t17-,18-/m0/s1. The Labute approximate surface area is 163 Å². The monoisotopic (exact) mass is 409 g/mol. The number of aliphatic hydroxyl groups is 1. The molecule has 0 radical (unpaired) electrons. The van der Waals surface area contributed by atoms with Crippen molar-refractivity contribution in [3.8, 4) is 0 Å². The highest BCUT2D eigenvalue weighted by atomic mass is 35.5. The van der Waals surface area contributed by atoms with Crippen LogP contribution in [0.3, 0.4) is 0 Å². The molecule has 0 saturated heterocycles. The predicted octanol–water partition coefficient (Wildman–Crippen LogP) is 3.54. The number of benzene rings is 2. The number of aliphatic hydroxyl groups excluding tert-OH is 1. The Morgan fingerprint density at radius 2 is 1.59 bits per heavy atom. The number of carboxylic acid groups (broad SMARTS) is 1. The van der Waals surface area contributed by atoms with Crippen molar-refractivity contribution in [2.24, 2.45) is 0 Å². The van der Waals surface area contributed by atoms with Gasteiger partial charge in [-0.05, 0) is 61.4 Å². The molecule has 2 aromatic rings. The average Bonchev–Trinajstić information content (AvgIpc) is 2.64. The van der Waals surface area contributed by atoms with Gasteiger partial charge in [0.15, 0.2) is 0 Å². The summed E-state index contributed by atoms with van der Waals surface area (Å²) >= 11 is 5.87. The van der Waals surface area contributed by atoms with E-state index in [2.05, 4.69) is 0 Å². The number of nitrogens with zero attached hydrogens (tertiary/aromatic N) is 1. The molecule has 1 fully saturated rings. The fraction of sp³-hybridized carbons (Fsp3) is 0.316. The largest absolute Gasteiger partial charge is 0.478 e. The number of rotatable bonds is 5. The number of anilines is 1. The second-order valence-corrected chi connectivity index (χ2v) is 8.78. The van der Waals surface area contributed by atoms with Gasteiger partial charge in [0.25, 0.3) is 10.0 Å². The van der Waals surface area contributed by atoms with Crippen molar-refractivity contribution in [2.45, 2.75) is 42.7 Å². The van der Waals surface area contributed by atoms with Crippen molar-refractivity contribution < 1.29 is 23.4 Å². The van der Waals surface area contributed by atoms with Crippen LogP contribution in [-0.2, 0) is 10.0 Å². The molecule has 0 spiro atoms. The maximum absolute atomic E-state index is 13.4. The summed E-state index contributed by atoms with van der Waals surface area (Å²) in [6, 6.07) is 10.9. The van der Waals surface area contributed by atoms with Crippen LogP contribution in [0.25, 0.3) is 0 Å². The quantitative estimate of drug-likeness (QED) is 0.787. The molecule has 6 nitrogen and oxygen atoms in total. The average molecular weight is 410 g/mol. The Hall–Kier alpha value is -2.09. The second kappa shape index (κ2) is 7.88. The lowest BCUT2D eigenvalue weighted by Gasteiger charge is -2.38. The van der Waals surface area contributed by atoms with Crippen molar-refractivity contribution in [1.82, 2.24) is 0 Å². The van der Waals surface area contributed by atoms with Gasteiger partial charge in [0.2, 0.25) is 0 Å². The fourth-order valence-corrected chi connectivity index (χ4v) is 5.18. The molecule has 0 unspecified atom stereocenters. The first-order chi connectivity index (χ1) is 12.8. The van der Waals surface area contributed by atoms with Crippen molar-refractivity contribution in [2.75, 3.05) is 4.31 Å². The smallest absolute Gasteiger partial charge is 0.335 e. The zero-order chi connectivity index (χ0) is 19.6. The van der Waals surface area contributed by atoms with Crippen LogP contribution in [0.5, 0.6) is 0 Å². The van der Waals surface area contributed by atoms with Gasteiger partial charge < -0.3 is 10.2 Å². The van der Waals surface area contributed by atoms with Gasteiger partial charge in [-0.2, -0.15) is 0 Å². The van der Waals surface area contributed by atoms with Gasteiger partial charge in [-0.25, -0.2) is 13.2 Å². The van der Waals surface area contributed by atoms with Crippen molar-refractivity contribution in [3.63, 3.8) is 0 Å².